The van der Waals surface area contributed by atoms with Crippen molar-refractivity contribution in [1.82, 2.24) is 10.2 Å². The number of fused-ring (bicyclic) bond motifs is 1. The van der Waals surface area contributed by atoms with Gasteiger partial charge in [0.15, 0.2) is 0 Å². The normalized spacial score (nSPS) is 22.8. The molecule has 3 aliphatic heterocycles. The molecule has 2 fully saturated rings. The van der Waals surface area contributed by atoms with Crippen LogP contribution in [-0.4, -0.2) is 49.1 Å². The van der Waals surface area contributed by atoms with Gasteiger partial charge in [-0.15, -0.1) is 0 Å². The summed E-state index contributed by atoms with van der Waals surface area (Å²) in [6.07, 6.45) is 5.06. The van der Waals surface area contributed by atoms with E-state index in [9.17, 15) is 9.59 Å². The summed E-state index contributed by atoms with van der Waals surface area (Å²) in [6.45, 7) is 3.31. The van der Waals surface area contributed by atoms with E-state index in [0.717, 1.165) is 56.4 Å². The smallest absolute Gasteiger partial charge is 0.251 e. The fraction of sp³-hybridized carbons (Fsp3) is 0.619. The molecule has 6 heteroatoms. The number of nitrogens with one attached hydrogen (secondary N) is 1. The maximum absolute atomic E-state index is 12.5. The Morgan fingerprint density at radius 2 is 1.96 bits per heavy atom. The number of likely N-dealkylation sites (tertiary alicyclic amines) is 1. The highest BCUT2D eigenvalue weighted by Crippen LogP contribution is 2.26. The number of rotatable bonds is 4. The van der Waals surface area contributed by atoms with Gasteiger partial charge in [-0.25, -0.2) is 0 Å². The van der Waals surface area contributed by atoms with Gasteiger partial charge in [0.25, 0.3) is 5.91 Å². The van der Waals surface area contributed by atoms with Gasteiger partial charge in [0.2, 0.25) is 5.91 Å². The van der Waals surface area contributed by atoms with E-state index in [1.807, 2.05) is 17.0 Å². The molecule has 3 aliphatic rings. The number of aryl methyl sites for hydroxylation is 1. The Hall–Kier alpha value is -2.08. The maximum atomic E-state index is 12.5. The third-order valence-corrected chi connectivity index (χ3v) is 5.82. The van der Waals surface area contributed by atoms with Gasteiger partial charge in [-0.3, -0.25) is 9.59 Å². The van der Waals surface area contributed by atoms with Crippen LogP contribution in [0.25, 0.3) is 0 Å². The molecule has 0 bridgehead atoms. The van der Waals surface area contributed by atoms with Crippen LogP contribution in [0.2, 0.25) is 0 Å². The number of benzene rings is 1. The predicted molar refractivity (Wildman–Crippen MR) is 100 cm³/mol. The minimum atomic E-state index is -0.261. The molecule has 1 N–H and O–H groups in total. The minimum absolute atomic E-state index is 0.0143. The van der Waals surface area contributed by atoms with Crippen molar-refractivity contribution in [3.8, 4) is 5.75 Å². The maximum Gasteiger partial charge on any atom is 0.251 e. The minimum Gasteiger partial charge on any atom is -0.493 e. The van der Waals surface area contributed by atoms with Crippen LogP contribution in [0, 0.1) is 5.92 Å². The van der Waals surface area contributed by atoms with Crippen molar-refractivity contribution < 1.29 is 19.1 Å². The first-order chi connectivity index (χ1) is 13.2. The summed E-state index contributed by atoms with van der Waals surface area (Å²) in [5, 5.41) is 3.07. The molecule has 1 aromatic rings. The zero-order valence-corrected chi connectivity index (χ0v) is 15.7. The van der Waals surface area contributed by atoms with Crippen LogP contribution in [-0.2, 0) is 27.3 Å². The Labute approximate surface area is 160 Å². The van der Waals surface area contributed by atoms with E-state index in [2.05, 4.69) is 11.4 Å². The van der Waals surface area contributed by atoms with Crippen LogP contribution < -0.4 is 10.1 Å². The summed E-state index contributed by atoms with van der Waals surface area (Å²) in [4.78, 5) is 26.8. The lowest BCUT2D eigenvalue weighted by Gasteiger charge is -2.32. The third-order valence-electron chi connectivity index (χ3n) is 5.82. The van der Waals surface area contributed by atoms with Crippen molar-refractivity contribution in [3.63, 3.8) is 0 Å². The molecule has 0 unspecified atom stereocenters. The lowest BCUT2D eigenvalue weighted by molar-refractivity contribution is -0.143. The third kappa shape index (κ3) is 4.26. The molecule has 146 valence electrons. The summed E-state index contributed by atoms with van der Waals surface area (Å²) in [5.41, 5.74) is 2.34. The molecular formula is C21H28N2O4. The second kappa shape index (κ2) is 8.30. The average molecular weight is 372 g/mol. The van der Waals surface area contributed by atoms with Crippen molar-refractivity contribution in [3.05, 3.63) is 29.3 Å². The standard InChI is InChI=1S/C21H28N2O4/c24-20(22-14-15-5-6-18-17(13-15)3-1-11-26-18)16-7-9-23(10-8-16)21(25)19-4-2-12-27-19/h5-6,13,16,19H,1-4,7-12,14H2,(H,22,24)/t19-/m0/s1. The topological polar surface area (TPSA) is 67.9 Å². The molecule has 2 amide bonds. The van der Waals surface area contributed by atoms with E-state index >= 15 is 0 Å². The summed E-state index contributed by atoms with van der Waals surface area (Å²) < 4.78 is 11.1. The number of carbonyl (C=O) groups excluding carboxylic acids is 2. The van der Waals surface area contributed by atoms with E-state index in [1.165, 1.54) is 5.56 Å². The average Bonchev–Trinajstić information content (AvgIpc) is 3.26. The first-order valence-electron chi connectivity index (χ1n) is 10.1. The van der Waals surface area contributed by atoms with Gasteiger partial charge in [-0.2, -0.15) is 0 Å². The molecule has 0 radical (unpaired) electrons. The van der Waals surface area contributed by atoms with Crippen LogP contribution in [0.5, 0.6) is 5.75 Å². The fourth-order valence-electron chi connectivity index (χ4n) is 4.20. The number of carbonyl (C=O) groups is 2. The number of piperidine rings is 1. The molecule has 0 saturated carbocycles. The quantitative estimate of drug-likeness (QED) is 0.878. The molecule has 0 aromatic heterocycles. The lowest BCUT2D eigenvalue weighted by atomic mass is 9.95. The molecule has 4 rings (SSSR count). The molecule has 27 heavy (non-hydrogen) atoms. The second-order valence-electron chi connectivity index (χ2n) is 7.71. The number of nitrogens with zero attached hydrogens (tertiary/aromatic N) is 1. The lowest BCUT2D eigenvalue weighted by Crippen LogP contribution is -2.46. The Morgan fingerprint density at radius 1 is 1.11 bits per heavy atom. The summed E-state index contributed by atoms with van der Waals surface area (Å²) >= 11 is 0. The van der Waals surface area contributed by atoms with Crippen molar-refractivity contribution in [1.29, 1.82) is 0 Å². The summed E-state index contributed by atoms with van der Waals surface area (Å²) in [6, 6.07) is 6.16. The van der Waals surface area contributed by atoms with Gasteiger partial charge in [0.05, 0.1) is 6.61 Å². The number of hydrogen-bond acceptors (Lipinski definition) is 4. The van der Waals surface area contributed by atoms with Crippen LogP contribution in [0.4, 0.5) is 0 Å². The second-order valence-corrected chi connectivity index (χ2v) is 7.71. The monoisotopic (exact) mass is 372 g/mol. The van der Waals surface area contributed by atoms with Crippen molar-refractivity contribution in [2.75, 3.05) is 26.3 Å². The Kier molecular flexibility index (Phi) is 5.62. The zero-order valence-electron chi connectivity index (χ0n) is 15.7. The molecule has 2 saturated heterocycles. The van der Waals surface area contributed by atoms with Crippen LogP contribution >= 0.6 is 0 Å². The van der Waals surface area contributed by atoms with Crippen molar-refractivity contribution in [2.24, 2.45) is 5.92 Å². The van der Waals surface area contributed by atoms with Gasteiger partial charge in [0, 0.05) is 32.2 Å². The number of ether oxygens (including phenoxy) is 2. The first-order valence-corrected chi connectivity index (χ1v) is 10.1. The SMILES string of the molecule is O=C(NCc1ccc2c(c1)CCCO2)C1CCN(C(=O)[C@@H]2CCCO2)CC1. The van der Waals surface area contributed by atoms with Gasteiger partial charge >= 0.3 is 0 Å². The highest BCUT2D eigenvalue weighted by Gasteiger charge is 2.32. The molecular weight excluding hydrogens is 344 g/mol. The van der Waals surface area contributed by atoms with Gasteiger partial charge in [0.1, 0.15) is 11.9 Å². The summed E-state index contributed by atoms with van der Waals surface area (Å²) in [5.74, 6) is 1.15. The predicted octanol–water partition coefficient (Wildman–Crippen LogP) is 2.05. The zero-order chi connectivity index (χ0) is 18.6. The molecule has 1 atom stereocenters. The first kappa shape index (κ1) is 18.3. The number of amides is 2. The molecule has 0 spiro atoms. The highest BCUT2D eigenvalue weighted by atomic mass is 16.5. The van der Waals surface area contributed by atoms with Gasteiger partial charge < -0.3 is 19.7 Å². The highest BCUT2D eigenvalue weighted by molar-refractivity contribution is 5.82. The molecule has 0 aliphatic carbocycles. The fourth-order valence-corrected chi connectivity index (χ4v) is 4.20. The van der Waals surface area contributed by atoms with Crippen LogP contribution in [0.3, 0.4) is 0 Å². The van der Waals surface area contributed by atoms with E-state index in [-0.39, 0.29) is 23.8 Å². The molecule has 3 heterocycles. The van der Waals surface area contributed by atoms with Crippen LogP contribution in [0.1, 0.15) is 43.2 Å². The van der Waals surface area contributed by atoms with Crippen molar-refractivity contribution in [2.45, 2.75) is 51.2 Å². The van der Waals surface area contributed by atoms with E-state index in [0.29, 0.717) is 26.2 Å². The Balaban J connectivity index is 1.24. The largest absolute Gasteiger partial charge is 0.493 e. The number of hydrogen-bond donors (Lipinski definition) is 1. The Morgan fingerprint density at radius 3 is 2.74 bits per heavy atom. The van der Waals surface area contributed by atoms with Crippen LogP contribution in [0.15, 0.2) is 18.2 Å². The van der Waals surface area contributed by atoms with E-state index in [4.69, 9.17) is 9.47 Å². The van der Waals surface area contributed by atoms with Crippen molar-refractivity contribution >= 4 is 11.8 Å². The Bertz CT molecular complexity index is 691. The molecule has 6 nitrogen and oxygen atoms in total. The van der Waals surface area contributed by atoms with E-state index in [1.54, 1.807) is 0 Å². The van der Waals surface area contributed by atoms with Gasteiger partial charge in [-0.1, -0.05) is 12.1 Å². The van der Waals surface area contributed by atoms with Gasteiger partial charge in [-0.05, 0) is 55.7 Å². The van der Waals surface area contributed by atoms with E-state index < -0.39 is 0 Å². The molecule has 1 aromatic carbocycles. The summed E-state index contributed by atoms with van der Waals surface area (Å²) in [7, 11) is 0.